The number of para-hydroxylation sites is 1. The van der Waals surface area contributed by atoms with Crippen LogP contribution in [-0.4, -0.2) is 72.8 Å². The highest BCUT2D eigenvalue weighted by molar-refractivity contribution is 7.91. The van der Waals surface area contributed by atoms with Gasteiger partial charge in [0.05, 0.1) is 24.3 Å². The minimum atomic E-state index is -3.14. The van der Waals surface area contributed by atoms with Crippen LogP contribution in [0.15, 0.2) is 60.8 Å². The number of hydrogen-bond acceptors (Lipinski definition) is 7. The Morgan fingerprint density at radius 1 is 1.11 bits per heavy atom. The van der Waals surface area contributed by atoms with Gasteiger partial charge in [-0.25, -0.2) is 17.9 Å². The van der Waals surface area contributed by atoms with Gasteiger partial charge < -0.3 is 14.4 Å². The number of esters is 1. The van der Waals surface area contributed by atoms with E-state index in [1.807, 2.05) is 30.3 Å². The smallest absolute Gasteiger partial charge is 0.342 e. The predicted molar refractivity (Wildman–Crippen MR) is 130 cm³/mol. The number of aromatic nitrogens is 2. The van der Waals surface area contributed by atoms with Crippen LogP contribution in [0.25, 0.3) is 16.9 Å². The fourth-order valence-electron chi connectivity index (χ4n) is 4.15. The molecule has 1 atom stereocenters. The molecule has 10 heteroatoms. The van der Waals surface area contributed by atoms with E-state index in [9.17, 15) is 18.0 Å². The second kappa shape index (κ2) is 10.3. The zero-order valence-corrected chi connectivity index (χ0v) is 20.4. The molecule has 2 aromatic carbocycles. The maximum Gasteiger partial charge on any atom is 0.342 e. The quantitative estimate of drug-likeness (QED) is 0.440. The van der Waals surface area contributed by atoms with E-state index in [-0.39, 0.29) is 17.1 Å². The van der Waals surface area contributed by atoms with Gasteiger partial charge in [-0.2, -0.15) is 5.10 Å². The molecule has 1 amide bonds. The number of likely N-dealkylation sites (N-methyl/N-ethyl adjacent to an activating group) is 1. The molecule has 4 rings (SSSR count). The first-order valence-corrected chi connectivity index (χ1v) is 13.1. The minimum absolute atomic E-state index is 0.0606. The van der Waals surface area contributed by atoms with Crippen molar-refractivity contribution in [2.24, 2.45) is 0 Å². The second-order valence-corrected chi connectivity index (χ2v) is 10.4. The van der Waals surface area contributed by atoms with Crippen LogP contribution in [-0.2, 0) is 19.4 Å². The lowest BCUT2D eigenvalue weighted by molar-refractivity contribution is -0.136. The normalized spacial score (nSPS) is 16.6. The lowest BCUT2D eigenvalue weighted by Crippen LogP contribution is -2.43. The van der Waals surface area contributed by atoms with Gasteiger partial charge in [0.1, 0.15) is 17.0 Å². The Balaban J connectivity index is 1.56. The predicted octanol–water partition coefficient (Wildman–Crippen LogP) is 2.74. The molecule has 1 unspecified atom stereocenters. The minimum Gasteiger partial charge on any atom is -0.497 e. The van der Waals surface area contributed by atoms with E-state index in [1.54, 1.807) is 49.2 Å². The molecule has 9 nitrogen and oxygen atoms in total. The Morgan fingerprint density at radius 3 is 2.43 bits per heavy atom. The van der Waals surface area contributed by atoms with Crippen LogP contribution in [0.1, 0.15) is 23.7 Å². The Morgan fingerprint density at radius 2 is 1.83 bits per heavy atom. The molecule has 1 saturated heterocycles. The number of amides is 1. The zero-order valence-electron chi connectivity index (χ0n) is 19.6. The van der Waals surface area contributed by atoms with Crippen molar-refractivity contribution in [3.63, 3.8) is 0 Å². The maximum absolute atomic E-state index is 13.1. The summed E-state index contributed by atoms with van der Waals surface area (Å²) in [6, 6.07) is 16.0. The summed E-state index contributed by atoms with van der Waals surface area (Å²) in [5.74, 6) is -0.456. The largest absolute Gasteiger partial charge is 0.497 e. The average molecular weight is 498 g/mol. The average Bonchev–Trinajstić information content (AvgIpc) is 3.47. The van der Waals surface area contributed by atoms with Crippen molar-refractivity contribution in [3.05, 3.63) is 66.4 Å². The maximum atomic E-state index is 13.1. The van der Waals surface area contributed by atoms with Crippen molar-refractivity contribution >= 4 is 21.7 Å². The molecule has 0 bridgehead atoms. The molecule has 184 valence electrons. The molecular formula is C25H27N3O6S. The molecule has 35 heavy (non-hydrogen) atoms. The Kier molecular flexibility index (Phi) is 7.20. The van der Waals surface area contributed by atoms with E-state index in [2.05, 4.69) is 5.10 Å². The third kappa shape index (κ3) is 5.54. The Labute approximate surface area is 204 Å². The van der Waals surface area contributed by atoms with E-state index < -0.39 is 34.4 Å². The molecular weight excluding hydrogens is 470 g/mol. The summed E-state index contributed by atoms with van der Waals surface area (Å²) in [5.41, 5.74) is 2.06. The standard InChI is InChI=1S/C25H27N3O6S/c1-3-27(20-13-14-35(31,32)17-20)23(29)16-34-25(30)22-15-28(19-7-5-4-6-8-19)26-24(22)18-9-11-21(33-2)12-10-18/h4-12,15,20H,3,13-14,16-17H2,1-2H3. The molecule has 1 aromatic heterocycles. The van der Waals surface area contributed by atoms with Crippen molar-refractivity contribution < 1.29 is 27.5 Å². The third-order valence-corrected chi connectivity index (χ3v) is 7.71. The van der Waals surface area contributed by atoms with Crippen molar-refractivity contribution in [1.29, 1.82) is 0 Å². The number of carbonyl (C=O) groups excluding carboxylic acids is 2. The number of carbonyl (C=O) groups is 2. The van der Waals surface area contributed by atoms with Crippen molar-refractivity contribution in [3.8, 4) is 22.7 Å². The summed E-state index contributed by atoms with van der Waals surface area (Å²) < 4.78 is 35.8. The number of rotatable bonds is 8. The van der Waals surface area contributed by atoms with Crippen LogP contribution in [0.4, 0.5) is 0 Å². The van der Waals surface area contributed by atoms with Crippen LogP contribution in [0.2, 0.25) is 0 Å². The van der Waals surface area contributed by atoms with Gasteiger partial charge in [-0.1, -0.05) is 18.2 Å². The molecule has 0 N–H and O–H groups in total. The molecule has 0 spiro atoms. The lowest BCUT2D eigenvalue weighted by atomic mass is 10.1. The van der Waals surface area contributed by atoms with E-state index in [1.165, 1.54) is 4.90 Å². The second-order valence-electron chi connectivity index (χ2n) is 8.21. The summed E-state index contributed by atoms with van der Waals surface area (Å²) in [5, 5.41) is 4.60. The topological polar surface area (TPSA) is 108 Å². The number of hydrogen-bond donors (Lipinski definition) is 0. The van der Waals surface area contributed by atoms with Gasteiger partial charge in [0.15, 0.2) is 16.4 Å². The van der Waals surface area contributed by atoms with Gasteiger partial charge in [0.2, 0.25) is 0 Å². The number of methoxy groups -OCH3 is 1. The highest BCUT2D eigenvalue weighted by atomic mass is 32.2. The molecule has 1 aliphatic rings. The highest BCUT2D eigenvalue weighted by Crippen LogP contribution is 2.26. The fraction of sp³-hybridized carbons (Fsp3) is 0.320. The van der Waals surface area contributed by atoms with Crippen LogP contribution >= 0.6 is 0 Å². The van der Waals surface area contributed by atoms with Crippen LogP contribution in [0, 0.1) is 0 Å². The monoisotopic (exact) mass is 497 g/mol. The van der Waals surface area contributed by atoms with Crippen LogP contribution < -0.4 is 4.74 Å². The molecule has 2 heterocycles. The van der Waals surface area contributed by atoms with Gasteiger partial charge in [0.25, 0.3) is 5.91 Å². The summed E-state index contributed by atoms with van der Waals surface area (Å²) in [6.07, 6.45) is 1.96. The Hall–Kier alpha value is -3.66. The van der Waals surface area contributed by atoms with E-state index in [4.69, 9.17) is 9.47 Å². The number of benzene rings is 2. The van der Waals surface area contributed by atoms with Crippen molar-refractivity contribution in [1.82, 2.24) is 14.7 Å². The molecule has 3 aromatic rings. The molecule has 0 radical (unpaired) electrons. The van der Waals surface area contributed by atoms with Gasteiger partial charge in [0, 0.05) is 24.3 Å². The number of ether oxygens (including phenoxy) is 2. The first kappa shape index (κ1) is 24.5. The fourth-order valence-corrected chi connectivity index (χ4v) is 5.88. The SMILES string of the molecule is CCN(C(=O)COC(=O)c1cn(-c2ccccc2)nc1-c1ccc(OC)cc1)C1CCS(=O)(=O)C1. The summed E-state index contributed by atoms with van der Waals surface area (Å²) in [7, 11) is -1.58. The molecule has 1 fully saturated rings. The van der Waals surface area contributed by atoms with Gasteiger partial charge >= 0.3 is 5.97 Å². The lowest BCUT2D eigenvalue weighted by Gasteiger charge is -2.26. The highest BCUT2D eigenvalue weighted by Gasteiger charge is 2.34. The van der Waals surface area contributed by atoms with Crippen molar-refractivity contribution in [2.75, 3.05) is 31.8 Å². The zero-order chi connectivity index (χ0) is 25.0. The first-order chi connectivity index (χ1) is 16.8. The van der Waals surface area contributed by atoms with E-state index in [0.29, 0.717) is 30.0 Å². The molecule has 1 aliphatic heterocycles. The molecule has 0 saturated carbocycles. The van der Waals surface area contributed by atoms with Crippen LogP contribution in [0.3, 0.4) is 0 Å². The Bertz CT molecular complexity index is 1300. The summed E-state index contributed by atoms with van der Waals surface area (Å²) >= 11 is 0. The van der Waals surface area contributed by atoms with Crippen LogP contribution in [0.5, 0.6) is 5.75 Å². The van der Waals surface area contributed by atoms with E-state index in [0.717, 1.165) is 5.69 Å². The first-order valence-electron chi connectivity index (χ1n) is 11.3. The molecule has 0 aliphatic carbocycles. The van der Waals surface area contributed by atoms with E-state index >= 15 is 0 Å². The number of sulfone groups is 1. The van der Waals surface area contributed by atoms with Gasteiger partial charge in [-0.05, 0) is 49.7 Å². The van der Waals surface area contributed by atoms with Gasteiger partial charge in [-0.3, -0.25) is 4.79 Å². The number of nitrogens with zero attached hydrogens (tertiary/aromatic N) is 3. The summed E-state index contributed by atoms with van der Waals surface area (Å²) in [6.45, 7) is 1.62. The van der Waals surface area contributed by atoms with Crippen molar-refractivity contribution in [2.45, 2.75) is 19.4 Å². The van der Waals surface area contributed by atoms with Gasteiger partial charge in [-0.15, -0.1) is 0 Å². The summed E-state index contributed by atoms with van der Waals surface area (Å²) in [4.78, 5) is 27.3. The third-order valence-electron chi connectivity index (χ3n) is 5.96.